The Balaban J connectivity index is 1.70. The fraction of sp³-hybridized carbons (Fsp3) is 0.150. The molecule has 0 atom stereocenters. The Labute approximate surface area is 169 Å². The average Bonchev–Trinajstić information content (AvgIpc) is 3.31. The molecule has 8 heteroatoms. The molecule has 2 aromatic heterocycles. The summed E-state index contributed by atoms with van der Waals surface area (Å²) in [5.41, 5.74) is 2.40. The van der Waals surface area contributed by atoms with Gasteiger partial charge in [0.25, 0.3) is 0 Å². The van der Waals surface area contributed by atoms with E-state index in [4.69, 9.17) is 9.47 Å². The number of nitrogens with zero attached hydrogens (tertiary/aromatic N) is 2. The molecular formula is C20H17N3O3S2. The monoisotopic (exact) mass is 411 g/mol. The smallest absolute Gasteiger partial charge is 0.190 e. The number of methoxy groups -OCH3 is 2. The van der Waals surface area contributed by atoms with E-state index in [-0.39, 0.29) is 5.78 Å². The average molecular weight is 412 g/mol. The lowest BCUT2D eigenvalue weighted by Gasteiger charge is -2.05. The van der Waals surface area contributed by atoms with Crippen LogP contribution in [0, 0.1) is 0 Å². The maximum absolute atomic E-state index is 12.1. The van der Waals surface area contributed by atoms with E-state index in [9.17, 15) is 4.79 Å². The zero-order chi connectivity index (χ0) is 19.7. The number of nitrogens with one attached hydrogen (secondary N) is 1. The first-order valence-electron chi connectivity index (χ1n) is 8.46. The van der Waals surface area contributed by atoms with Gasteiger partial charge in [0, 0.05) is 24.6 Å². The number of rotatable bonds is 6. The van der Waals surface area contributed by atoms with Crippen LogP contribution in [0.2, 0.25) is 0 Å². The summed E-state index contributed by atoms with van der Waals surface area (Å²) in [4.78, 5) is 22.0. The minimum absolute atomic E-state index is 0.0109. The second-order valence-electron chi connectivity index (χ2n) is 5.94. The van der Waals surface area contributed by atoms with Gasteiger partial charge in [-0.3, -0.25) is 4.79 Å². The first-order valence-corrected chi connectivity index (χ1v) is 10.1. The number of carbonyl (C=O) groups is 1. The number of thiazole rings is 2. The van der Waals surface area contributed by atoms with Crippen molar-refractivity contribution in [2.45, 2.75) is 6.92 Å². The zero-order valence-corrected chi connectivity index (χ0v) is 17.1. The predicted octanol–water partition coefficient (Wildman–Crippen LogP) is 5.38. The number of Topliss-reactive ketones (excluding diaryl/α,β-unsaturated/α-hetero) is 1. The van der Waals surface area contributed by atoms with E-state index >= 15 is 0 Å². The minimum Gasteiger partial charge on any atom is -0.493 e. The zero-order valence-electron chi connectivity index (χ0n) is 15.5. The third-order valence-corrected chi connectivity index (χ3v) is 6.11. The van der Waals surface area contributed by atoms with Crippen molar-refractivity contribution in [3.05, 3.63) is 47.3 Å². The van der Waals surface area contributed by atoms with Crippen LogP contribution < -0.4 is 14.8 Å². The number of hydrogen-bond donors (Lipinski definition) is 1. The largest absolute Gasteiger partial charge is 0.493 e. The maximum Gasteiger partial charge on any atom is 0.190 e. The second kappa shape index (κ2) is 7.57. The summed E-state index contributed by atoms with van der Waals surface area (Å²) in [5, 5.41) is 4.55. The van der Waals surface area contributed by atoms with Crippen molar-refractivity contribution in [3.8, 4) is 22.8 Å². The Kier molecular flexibility index (Phi) is 4.97. The molecule has 28 heavy (non-hydrogen) atoms. The van der Waals surface area contributed by atoms with Crippen LogP contribution in [0.15, 0.2) is 42.5 Å². The van der Waals surface area contributed by atoms with Crippen LogP contribution in [0.4, 0.5) is 10.3 Å². The van der Waals surface area contributed by atoms with Crippen molar-refractivity contribution in [1.82, 2.24) is 9.97 Å². The number of aromatic nitrogens is 2. The molecule has 2 aromatic carbocycles. The van der Waals surface area contributed by atoms with Crippen LogP contribution in [0.1, 0.15) is 16.6 Å². The van der Waals surface area contributed by atoms with Crippen LogP contribution in [0.5, 0.6) is 11.5 Å². The summed E-state index contributed by atoms with van der Waals surface area (Å²) in [6, 6.07) is 13.4. The molecule has 0 aliphatic rings. The lowest BCUT2D eigenvalue weighted by Crippen LogP contribution is -1.91. The summed E-state index contributed by atoms with van der Waals surface area (Å²) < 4.78 is 11.7. The summed E-state index contributed by atoms with van der Waals surface area (Å²) in [7, 11) is 3.20. The first-order chi connectivity index (χ1) is 13.6. The van der Waals surface area contributed by atoms with Crippen molar-refractivity contribution in [2.75, 3.05) is 19.5 Å². The number of carbonyl (C=O) groups excluding carboxylic acids is 1. The van der Waals surface area contributed by atoms with Gasteiger partial charge in [-0.2, -0.15) is 0 Å². The van der Waals surface area contributed by atoms with E-state index < -0.39 is 0 Å². The van der Waals surface area contributed by atoms with Crippen LogP contribution in [-0.4, -0.2) is 30.0 Å². The van der Waals surface area contributed by atoms with Gasteiger partial charge in [-0.1, -0.05) is 53.0 Å². The van der Waals surface area contributed by atoms with Gasteiger partial charge in [-0.25, -0.2) is 9.97 Å². The van der Waals surface area contributed by atoms with E-state index in [1.807, 2.05) is 42.5 Å². The molecule has 0 amide bonds. The number of ether oxygens (including phenoxy) is 2. The highest BCUT2D eigenvalue weighted by atomic mass is 32.1. The van der Waals surface area contributed by atoms with Gasteiger partial charge in [0.15, 0.2) is 27.5 Å². The Morgan fingerprint density at radius 2 is 1.64 bits per heavy atom. The van der Waals surface area contributed by atoms with E-state index in [1.165, 1.54) is 22.7 Å². The van der Waals surface area contributed by atoms with Gasteiger partial charge < -0.3 is 14.8 Å². The molecule has 0 aliphatic carbocycles. The number of fused-ring (bicyclic) bond motifs is 1. The number of hydrogen-bond acceptors (Lipinski definition) is 8. The lowest BCUT2D eigenvalue weighted by molar-refractivity contribution is 0.102. The number of ketones is 1. The van der Waals surface area contributed by atoms with Crippen molar-refractivity contribution < 1.29 is 14.3 Å². The van der Waals surface area contributed by atoms with Crippen LogP contribution in [-0.2, 0) is 0 Å². The summed E-state index contributed by atoms with van der Waals surface area (Å²) in [6.07, 6.45) is 0. The quantitative estimate of drug-likeness (QED) is 0.429. The summed E-state index contributed by atoms with van der Waals surface area (Å²) in [6.45, 7) is 1.56. The second-order valence-corrected chi connectivity index (χ2v) is 7.97. The van der Waals surface area contributed by atoms with Gasteiger partial charge in [0.1, 0.15) is 0 Å². The molecular weight excluding hydrogens is 394 g/mol. The van der Waals surface area contributed by atoms with Crippen molar-refractivity contribution >= 4 is 48.9 Å². The van der Waals surface area contributed by atoms with Crippen molar-refractivity contribution in [2.24, 2.45) is 0 Å². The third kappa shape index (κ3) is 3.44. The van der Waals surface area contributed by atoms with Gasteiger partial charge >= 0.3 is 0 Å². The van der Waals surface area contributed by atoms with Crippen LogP contribution >= 0.6 is 22.7 Å². The molecule has 6 nitrogen and oxygen atoms in total. The normalized spacial score (nSPS) is 10.8. The molecule has 0 unspecified atom stereocenters. The standard InChI is InChI=1S/C20H17N3O3S2/c1-11(24)18-17(12-7-5-4-6-8-12)22-20(28-18)23-19-21-13-9-14(25-2)15(26-3)10-16(13)27-19/h4-10H,1-3H3,(H,21,22,23). The Morgan fingerprint density at radius 3 is 2.32 bits per heavy atom. The van der Waals surface area contributed by atoms with Crippen molar-refractivity contribution in [3.63, 3.8) is 0 Å². The fourth-order valence-corrected chi connectivity index (χ4v) is 4.63. The molecule has 0 saturated heterocycles. The van der Waals surface area contributed by atoms with E-state index in [0.717, 1.165) is 15.8 Å². The molecule has 0 spiro atoms. The first kappa shape index (κ1) is 18.4. The fourth-order valence-electron chi connectivity index (χ4n) is 2.80. The molecule has 2 heterocycles. The molecule has 0 saturated carbocycles. The number of anilines is 2. The molecule has 142 valence electrons. The van der Waals surface area contributed by atoms with Crippen LogP contribution in [0.25, 0.3) is 21.5 Å². The van der Waals surface area contributed by atoms with Gasteiger partial charge in [0.2, 0.25) is 0 Å². The van der Waals surface area contributed by atoms with Gasteiger partial charge in [-0.15, -0.1) is 0 Å². The molecule has 1 N–H and O–H groups in total. The minimum atomic E-state index is -0.0109. The van der Waals surface area contributed by atoms with Crippen molar-refractivity contribution in [1.29, 1.82) is 0 Å². The molecule has 0 radical (unpaired) electrons. The highest BCUT2D eigenvalue weighted by Crippen LogP contribution is 2.38. The summed E-state index contributed by atoms with van der Waals surface area (Å²) >= 11 is 2.81. The molecule has 4 rings (SSSR count). The molecule has 0 aliphatic heterocycles. The highest BCUT2D eigenvalue weighted by Gasteiger charge is 2.18. The Morgan fingerprint density at radius 1 is 0.964 bits per heavy atom. The van der Waals surface area contributed by atoms with E-state index in [1.54, 1.807) is 21.1 Å². The maximum atomic E-state index is 12.1. The Bertz CT molecular complexity index is 1110. The molecule has 4 aromatic rings. The van der Waals surface area contributed by atoms with Gasteiger partial charge in [0.05, 0.1) is 35.0 Å². The highest BCUT2D eigenvalue weighted by molar-refractivity contribution is 7.23. The SMILES string of the molecule is COc1cc2nc(Nc3nc(-c4ccccc4)c(C(C)=O)s3)sc2cc1OC. The predicted molar refractivity (Wildman–Crippen MR) is 114 cm³/mol. The Hall–Kier alpha value is -2.97. The van der Waals surface area contributed by atoms with E-state index in [0.29, 0.717) is 32.3 Å². The topological polar surface area (TPSA) is 73.3 Å². The molecule has 0 bridgehead atoms. The lowest BCUT2D eigenvalue weighted by atomic mass is 10.1. The number of benzene rings is 2. The summed E-state index contributed by atoms with van der Waals surface area (Å²) in [5.74, 6) is 1.28. The van der Waals surface area contributed by atoms with Gasteiger partial charge in [-0.05, 0) is 0 Å². The molecule has 0 fully saturated rings. The van der Waals surface area contributed by atoms with Crippen LogP contribution in [0.3, 0.4) is 0 Å². The van der Waals surface area contributed by atoms with E-state index in [2.05, 4.69) is 15.3 Å². The third-order valence-electron chi connectivity index (χ3n) is 4.10.